The van der Waals surface area contributed by atoms with Crippen molar-refractivity contribution in [3.63, 3.8) is 0 Å². The lowest BCUT2D eigenvalue weighted by atomic mass is 10.0. The van der Waals surface area contributed by atoms with Gasteiger partial charge in [-0.1, -0.05) is 52.4 Å². The number of amides is 2. The molecule has 0 radical (unpaired) electrons. The van der Waals surface area contributed by atoms with Gasteiger partial charge < -0.3 is 0 Å². The molecule has 2 amide bonds. The number of hydrogen-bond acceptors (Lipinski definition) is 2. The van der Waals surface area contributed by atoms with Crippen LogP contribution >= 0.6 is 0 Å². The van der Waals surface area contributed by atoms with Gasteiger partial charge >= 0.3 is 0 Å². The second kappa shape index (κ2) is 8.06. The van der Waals surface area contributed by atoms with Crippen molar-refractivity contribution in [1.29, 1.82) is 0 Å². The summed E-state index contributed by atoms with van der Waals surface area (Å²) in [4.78, 5) is 24.6. The lowest BCUT2D eigenvalue weighted by Crippen LogP contribution is -2.39. The average molecular weight is 251 g/mol. The maximum atomic E-state index is 11.6. The molecule has 0 saturated heterocycles. The molecule has 0 aromatic heterocycles. The molecular weight excluding hydrogens is 226 g/mol. The predicted molar refractivity (Wildman–Crippen MR) is 73.1 cm³/mol. The highest BCUT2D eigenvalue weighted by molar-refractivity contribution is 6.13. The zero-order valence-electron chi connectivity index (χ0n) is 11.7. The largest absolute Gasteiger partial charge is 0.272 e. The van der Waals surface area contributed by atoms with E-state index in [4.69, 9.17) is 0 Å². The topological polar surface area (TPSA) is 37.4 Å². The Balaban J connectivity index is 2.26. The molecule has 3 heteroatoms. The van der Waals surface area contributed by atoms with Crippen LogP contribution in [0.2, 0.25) is 0 Å². The fourth-order valence-electron chi connectivity index (χ4n) is 2.45. The van der Waals surface area contributed by atoms with Gasteiger partial charge in [0.2, 0.25) is 0 Å². The van der Waals surface area contributed by atoms with E-state index in [1.54, 1.807) is 0 Å². The number of imide groups is 1. The summed E-state index contributed by atoms with van der Waals surface area (Å²) in [6, 6.07) is 0.0891. The monoisotopic (exact) mass is 251 g/mol. The maximum absolute atomic E-state index is 11.6. The number of nitrogens with zero attached hydrogens (tertiary/aromatic N) is 1. The quantitative estimate of drug-likeness (QED) is 0.465. The molecular formula is C15H25NO2. The van der Waals surface area contributed by atoms with E-state index < -0.39 is 0 Å². The van der Waals surface area contributed by atoms with Gasteiger partial charge in [0.1, 0.15) is 0 Å². The summed E-state index contributed by atoms with van der Waals surface area (Å²) in [7, 11) is 0. The SMILES string of the molecule is CCCCCCCCC(CC)N1C(=O)C=CC1=O. The van der Waals surface area contributed by atoms with E-state index in [1.165, 1.54) is 49.2 Å². The average Bonchev–Trinajstić information content (AvgIpc) is 2.69. The summed E-state index contributed by atoms with van der Waals surface area (Å²) in [6.07, 6.45) is 12.0. The number of rotatable bonds is 9. The van der Waals surface area contributed by atoms with Crippen LogP contribution in [0.1, 0.15) is 65.2 Å². The molecule has 0 aliphatic carbocycles. The molecule has 1 aliphatic heterocycles. The van der Waals surface area contributed by atoms with Crippen molar-refractivity contribution in [2.24, 2.45) is 0 Å². The molecule has 0 saturated carbocycles. The van der Waals surface area contributed by atoms with Crippen LogP contribution in [-0.2, 0) is 9.59 Å². The Bertz CT molecular complexity index is 292. The third kappa shape index (κ3) is 4.28. The lowest BCUT2D eigenvalue weighted by Gasteiger charge is -2.25. The van der Waals surface area contributed by atoms with Gasteiger partial charge in [-0.2, -0.15) is 0 Å². The van der Waals surface area contributed by atoms with Crippen molar-refractivity contribution in [2.75, 3.05) is 0 Å². The second-order valence-electron chi connectivity index (χ2n) is 5.00. The normalized spacial score (nSPS) is 16.7. The Labute approximate surface area is 110 Å². The van der Waals surface area contributed by atoms with Crippen LogP contribution in [0.5, 0.6) is 0 Å². The number of carbonyl (C=O) groups is 2. The number of carbonyl (C=O) groups excluding carboxylic acids is 2. The third-order valence-electron chi connectivity index (χ3n) is 3.57. The molecule has 0 N–H and O–H groups in total. The Morgan fingerprint density at radius 1 is 0.944 bits per heavy atom. The van der Waals surface area contributed by atoms with E-state index >= 15 is 0 Å². The van der Waals surface area contributed by atoms with Crippen LogP contribution in [0.3, 0.4) is 0 Å². The standard InChI is InChI=1S/C15H25NO2/c1-3-5-6-7-8-9-10-13(4-2)16-14(17)11-12-15(16)18/h11-13H,3-10H2,1-2H3. The van der Waals surface area contributed by atoms with E-state index in [0.717, 1.165) is 19.3 Å². The maximum Gasteiger partial charge on any atom is 0.253 e. The first kappa shape index (κ1) is 14.9. The first-order valence-electron chi connectivity index (χ1n) is 7.26. The van der Waals surface area contributed by atoms with Crippen molar-refractivity contribution in [1.82, 2.24) is 4.90 Å². The summed E-state index contributed by atoms with van der Waals surface area (Å²) >= 11 is 0. The smallest absolute Gasteiger partial charge is 0.253 e. The first-order valence-corrected chi connectivity index (χ1v) is 7.26. The van der Waals surface area contributed by atoms with Crippen molar-refractivity contribution < 1.29 is 9.59 Å². The summed E-state index contributed by atoms with van der Waals surface area (Å²) in [6.45, 7) is 4.26. The van der Waals surface area contributed by atoms with E-state index in [2.05, 4.69) is 6.92 Å². The molecule has 0 spiro atoms. The zero-order valence-corrected chi connectivity index (χ0v) is 11.7. The predicted octanol–water partition coefficient (Wildman–Crippen LogP) is 3.44. The molecule has 1 atom stereocenters. The Kier molecular flexibility index (Phi) is 6.69. The van der Waals surface area contributed by atoms with Gasteiger partial charge in [0.05, 0.1) is 0 Å². The van der Waals surface area contributed by atoms with Crippen molar-refractivity contribution in [3.05, 3.63) is 12.2 Å². The molecule has 1 heterocycles. The molecule has 3 nitrogen and oxygen atoms in total. The zero-order chi connectivity index (χ0) is 13.4. The molecule has 0 aromatic rings. The number of hydrogen-bond donors (Lipinski definition) is 0. The summed E-state index contributed by atoms with van der Waals surface area (Å²) in [5.74, 6) is -0.282. The van der Waals surface area contributed by atoms with Crippen LogP contribution in [0.25, 0.3) is 0 Å². The lowest BCUT2D eigenvalue weighted by molar-refractivity contribution is -0.139. The van der Waals surface area contributed by atoms with Gasteiger partial charge in [0.15, 0.2) is 0 Å². The van der Waals surface area contributed by atoms with Crippen molar-refractivity contribution in [2.45, 2.75) is 71.3 Å². The van der Waals surface area contributed by atoms with Gasteiger partial charge in [0.25, 0.3) is 11.8 Å². The van der Waals surface area contributed by atoms with Crippen LogP contribution < -0.4 is 0 Å². The molecule has 0 fully saturated rings. The minimum Gasteiger partial charge on any atom is -0.272 e. The van der Waals surface area contributed by atoms with Gasteiger partial charge in [-0.3, -0.25) is 14.5 Å². The minimum atomic E-state index is -0.141. The van der Waals surface area contributed by atoms with Gasteiger partial charge in [0, 0.05) is 18.2 Å². The molecule has 18 heavy (non-hydrogen) atoms. The third-order valence-corrected chi connectivity index (χ3v) is 3.57. The number of unbranched alkanes of at least 4 members (excludes halogenated alkanes) is 5. The second-order valence-corrected chi connectivity index (χ2v) is 5.00. The van der Waals surface area contributed by atoms with Gasteiger partial charge in [-0.05, 0) is 12.8 Å². The Morgan fingerprint density at radius 2 is 1.50 bits per heavy atom. The molecule has 0 bridgehead atoms. The van der Waals surface area contributed by atoms with E-state index in [1.807, 2.05) is 6.92 Å². The highest BCUT2D eigenvalue weighted by atomic mass is 16.2. The minimum absolute atomic E-state index is 0.0891. The molecule has 1 aliphatic rings. The van der Waals surface area contributed by atoms with Crippen LogP contribution in [0.4, 0.5) is 0 Å². The first-order chi connectivity index (χ1) is 8.70. The molecule has 1 unspecified atom stereocenters. The molecule has 0 aromatic carbocycles. The summed E-state index contributed by atoms with van der Waals surface area (Å²) in [5.41, 5.74) is 0. The van der Waals surface area contributed by atoms with E-state index in [9.17, 15) is 9.59 Å². The fraction of sp³-hybridized carbons (Fsp3) is 0.733. The summed E-state index contributed by atoms with van der Waals surface area (Å²) in [5, 5.41) is 0. The Morgan fingerprint density at radius 3 is 2.06 bits per heavy atom. The highest BCUT2D eigenvalue weighted by Crippen LogP contribution is 2.18. The fourth-order valence-corrected chi connectivity index (χ4v) is 2.45. The molecule has 1 rings (SSSR count). The highest BCUT2D eigenvalue weighted by Gasteiger charge is 2.29. The van der Waals surface area contributed by atoms with E-state index in [0.29, 0.717) is 0 Å². The van der Waals surface area contributed by atoms with Crippen molar-refractivity contribution >= 4 is 11.8 Å². The van der Waals surface area contributed by atoms with Crippen LogP contribution in [-0.4, -0.2) is 22.8 Å². The Hall–Kier alpha value is -1.12. The van der Waals surface area contributed by atoms with E-state index in [-0.39, 0.29) is 17.9 Å². The van der Waals surface area contributed by atoms with Crippen LogP contribution in [0.15, 0.2) is 12.2 Å². The van der Waals surface area contributed by atoms with Crippen LogP contribution in [0, 0.1) is 0 Å². The van der Waals surface area contributed by atoms with Crippen molar-refractivity contribution in [3.8, 4) is 0 Å². The summed E-state index contributed by atoms with van der Waals surface area (Å²) < 4.78 is 0. The van der Waals surface area contributed by atoms with Gasteiger partial charge in [-0.25, -0.2) is 0 Å². The van der Waals surface area contributed by atoms with Gasteiger partial charge in [-0.15, -0.1) is 0 Å². The molecule has 102 valence electrons.